The van der Waals surface area contributed by atoms with Gasteiger partial charge in [0.15, 0.2) is 11.9 Å². The van der Waals surface area contributed by atoms with Crippen LogP contribution in [0.3, 0.4) is 0 Å². The van der Waals surface area contributed by atoms with E-state index in [-0.39, 0.29) is 22.8 Å². The van der Waals surface area contributed by atoms with Gasteiger partial charge in [-0.05, 0) is 25.1 Å². The van der Waals surface area contributed by atoms with Crippen molar-refractivity contribution in [3.63, 3.8) is 0 Å². The maximum Gasteiger partial charge on any atom is 0.279 e. The number of aromatic nitrogens is 1. The third-order valence-electron chi connectivity index (χ3n) is 2.96. The normalized spacial score (nSPS) is 11.9. The number of nitrogens with two attached hydrogens (primary N) is 1. The van der Waals surface area contributed by atoms with Crippen LogP contribution < -0.4 is 15.8 Å². The molecule has 1 aromatic carbocycles. The Morgan fingerprint density at radius 2 is 2.00 bits per heavy atom. The Morgan fingerprint density at radius 1 is 1.32 bits per heavy atom. The minimum atomic E-state index is -0.683. The first-order chi connectivity index (χ1) is 11.9. The Labute approximate surface area is 142 Å². The molecule has 10 nitrogen and oxygen atoms in total. The Balaban J connectivity index is 2.16. The van der Waals surface area contributed by atoms with Gasteiger partial charge in [-0.25, -0.2) is 5.84 Å². The van der Waals surface area contributed by atoms with Crippen LogP contribution in [0.5, 0.6) is 0 Å². The highest BCUT2D eigenvalue weighted by atomic mass is 16.6. The number of aliphatic hydroxyl groups is 1. The Morgan fingerprint density at radius 3 is 2.56 bits per heavy atom. The Kier molecular flexibility index (Phi) is 5.36. The van der Waals surface area contributed by atoms with Crippen molar-refractivity contribution in [2.45, 2.75) is 6.92 Å². The highest BCUT2D eigenvalue weighted by Gasteiger charge is 2.14. The molecule has 0 spiro atoms. The summed E-state index contributed by atoms with van der Waals surface area (Å²) in [6, 6.07) is 8.50. The van der Waals surface area contributed by atoms with E-state index in [1.165, 1.54) is 42.1 Å². The third kappa shape index (κ3) is 4.82. The molecule has 0 bridgehead atoms. The molecule has 10 heteroatoms. The lowest BCUT2D eigenvalue weighted by Gasteiger charge is -2.04. The first kappa shape index (κ1) is 17.5. The number of azo groups is 1. The summed E-state index contributed by atoms with van der Waals surface area (Å²) < 4.78 is 1.25. The maximum absolute atomic E-state index is 12.2. The molecule has 0 fully saturated rings. The number of benzene rings is 1. The highest BCUT2D eigenvalue weighted by molar-refractivity contribution is 6.03. The molecule has 0 unspecified atom stereocenters. The predicted molar refractivity (Wildman–Crippen MR) is 88.4 cm³/mol. The van der Waals surface area contributed by atoms with E-state index in [0.29, 0.717) is 5.69 Å². The number of hydrogen-bond donors (Lipinski definition) is 3. The number of nitrogens with zero attached hydrogens (tertiary/aromatic N) is 4. The number of nitro benzene ring substituents is 1. The fourth-order valence-electron chi connectivity index (χ4n) is 1.79. The first-order valence-corrected chi connectivity index (χ1v) is 7.00. The molecule has 0 aliphatic heterocycles. The fourth-order valence-corrected chi connectivity index (χ4v) is 1.79. The molecular weight excluding hydrogens is 328 g/mol. The number of hydrogen-bond acceptors (Lipinski definition) is 7. The van der Waals surface area contributed by atoms with Gasteiger partial charge in [-0.3, -0.25) is 14.9 Å². The molecule has 2 aromatic rings. The van der Waals surface area contributed by atoms with Gasteiger partial charge >= 0.3 is 0 Å². The van der Waals surface area contributed by atoms with Crippen LogP contribution in [0.1, 0.15) is 6.92 Å². The number of aliphatic hydroxyl groups excluding tert-OH is 1. The summed E-state index contributed by atoms with van der Waals surface area (Å²) in [4.78, 5) is 22.3. The van der Waals surface area contributed by atoms with E-state index in [4.69, 9.17) is 5.84 Å². The second-order valence-corrected chi connectivity index (χ2v) is 4.90. The van der Waals surface area contributed by atoms with Gasteiger partial charge < -0.3 is 10.4 Å². The summed E-state index contributed by atoms with van der Waals surface area (Å²) in [6.45, 7) is 1.29. The lowest BCUT2D eigenvalue weighted by molar-refractivity contribution is -0.638. The number of carbonyl (C=O) groups is 1. The van der Waals surface area contributed by atoms with Gasteiger partial charge in [0.25, 0.3) is 11.6 Å². The standard InChI is InChI=1S/C15H14N6O4/c1-10(22)14(15(23)17-12-3-2-8-20(16)9-12)19-18-11-4-6-13(7-5-11)21(24)25/h2-9H,16H2,1H3,(H-,17,18,22,23)/p+1. The topological polar surface area (TPSA) is 147 Å². The fraction of sp³-hybridized carbons (Fsp3) is 0.0667. The van der Waals surface area contributed by atoms with Gasteiger partial charge in [-0.2, -0.15) is 5.11 Å². The molecule has 0 saturated heterocycles. The highest BCUT2D eigenvalue weighted by Crippen LogP contribution is 2.20. The lowest BCUT2D eigenvalue weighted by atomic mass is 10.3. The molecule has 0 atom stereocenters. The molecule has 1 heterocycles. The van der Waals surface area contributed by atoms with Crippen molar-refractivity contribution in [2.24, 2.45) is 10.2 Å². The van der Waals surface area contributed by atoms with E-state index in [0.717, 1.165) is 0 Å². The van der Waals surface area contributed by atoms with Gasteiger partial charge in [-0.15, -0.1) is 5.11 Å². The van der Waals surface area contributed by atoms with E-state index in [1.807, 2.05) is 0 Å². The number of anilines is 1. The van der Waals surface area contributed by atoms with Crippen molar-refractivity contribution in [1.29, 1.82) is 0 Å². The monoisotopic (exact) mass is 343 g/mol. The molecule has 1 amide bonds. The van der Waals surface area contributed by atoms with Crippen molar-refractivity contribution in [2.75, 3.05) is 11.2 Å². The lowest BCUT2D eigenvalue weighted by Crippen LogP contribution is -2.43. The van der Waals surface area contributed by atoms with Gasteiger partial charge in [0.1, 0.15) is 11.4 Å². The molecule has 1 aromatic heterocycles. The average Bonchev–Trinajstić information content (AvgIpc) is 2.55. The van der Waals surface area contributed by atoms with E-state index < -0.39 is 10.8 Å². The van der Waals surface area contributed by atoms with Gasteiger partial charge in [0.05, 0.1) is 10.6 Å². The molecule has 0 aliphatic carbocycles. The van der Waals surface area contributed by atoms with Gasteiger partial charge in [0.2, 0.25) is 6.20 Å². The minimum Gasteiger partial charge on any atom is -0.510 e. The smallest absolute Gasteiger partial charge is 0.279 e. The summed E-state index contributed by atoms with van der Waals surface area (Å²) in [7, 11) is 0. The summed E-state index contributed by atoms with van der Waals surface area (Å²) in [5.74, 6) is 4.54. The summed E-state index contributed by atoms with van der Waals surface area (Å²) >= 11 is 0. The molecule has 0 saturated carbocycles. The molecule has 0 aliphatic rings. The van der Waals surface area contributed by atoms with Crippen LogP contribution >= 0.6 is 0 Å². The van der Waals surface area contributed by atoms with Gasteiger partial charge in [-0.1, -0.05) is 4.68 Å². The van der Waals surface area contributed by atoms with E-state index >= 15 is 0 Å². The van der Waals surface area contributed by atoms with Crippen LogP contribution in [0.25, 0.3) is 0 Å². The zero-order valence-electron chi connectivity index (χ0n) is 13.2. The Hall–Kier alpha value is -3.82. The molecule has 0 radical (unpaired) electrons. The van der Waals surface area contributed by atoms with Crippen molar-refractivity contribution >= 4 is 23.0 Å². The first-order valence-electron chi connectivity index (χ1n) is 7.00. The number of amides is 1. The summed E-state index contributed by atoms with van der Waals surface area (Å²) in [6.07, 6.45) is 3.05. The summed E-state index contributed by atoms with van der Waals surface area (Å²) in [5.41, 5.74) is 0.298. The van der Waals surface area contributed by atoms with E-state index in [1.54, 1.807) is 18.3 Å². The number of pyridine rings is 1. The predicted octanol–water partition coefficient (Wildman–Crippen LogP) is 2.11. The maximum atomic E-state index is 12.2. The zero-order valence-corrected chi connectivity index (χ0v) is 13.2. The average molecular weight is 343 g/mol. The zero-order chi connectivity index (χ0) is 18.4. The number of rotatable bonds is 5. The molecular formula is C15H15N6O4+. The summed E-state index contributed by atoms with van der Waals surface area (Å²) in [5, 5.41) is 30.3. The number of nitrogen functional groups attached to an aromatic ring is 1. The number of nitro groups is 1. The largest absolute Gasteiger partial charge is 0.510 e. The third-order valence-corrected chi connectivity index (χ3v) is 2.96. The van der Waals surface area contributed by atoms with E-state index in [9.17, 15) is 20.0 Å². The quantitative estimate of drug-likeness (QED) is 0.145. The second-order valence-electron chi connectivity index (χ2n) is 4.90. The number of carbonyl (C=O) groups excluding carboxylic acids is 1. The van der Waals surface area contributed by atoms with Crippen LogP contribution in [0.2, 0.25) is 0 Å². The minimum absolute atomic E-state index is 0.0926. The van der Waals surface area contributed by atoms with Gasteiger partial charge in [0, 0.05) is 18.2 Å². The SMILES string of the molecule is CC(O)=C(N=Nc1ccc([N+](=O)[O-])cc1)C(=O)Nc1ccc[n+](N)c1. The van der Waals surface area contributed by atoms with Crippen LogP contribution in [0.4, 0.5) is 17.1 Å². The molecule has 128 valence electrons. The van der Waals surface area contributed by atoms with E-state index in [2.05, 4.69) is 15.5 Å². The van der Waals surface area contributed by atoms with Crippen LogP contribution in [-0.2, 0) is 4.79 Å². The number of allylic oxidation sites excluding steroid dienone is 1. The van der Waals surface area contributed by atoms with Crippen LogP contribution in [-0.4, -0.2) is 15.9 Å². The van der Waals surface area contributed by atoms with Crippen LogP contribution in [0, 0.1) is 10.1 Å². The number of non-ortho nitro benzene ring substituents is 1. The van der Waals surface area contributed by atoms with Crippen molar-refractivity contribution in [1.82, 2.24) is 0 Å². The Bertz CT molecular complexity index is 857. The van der Waals surface area contributed by atoms with Crippen molar-refractivity contribution in [3.05, 3.63) is 70.4 Å². The second kappa shape index (κ2) is 7.64. The van der Waals surface area contributed by atoms with Crippen molar-refractivity contribution in [3.8, 4) is 0 Å². The number of nitrogens with one attached hydrogen (secondary N) is 1. The molecule has 4 N–H and O–H groups in total. The van der Waals surface area contributed by atoms with Crippen molar-refractivity contribution < 1.29 is 19.5 Å². The molecule has 25 heavy (non-hydrogen) atoms. The molecule has 2 rings (SSSR count). The van der Waals surface area contributed by atoms with Crippen LogP contribution in [0.15, 0.2) is 70.5 Å².